The fraction of sp³-hybridized carbons (Fsp3) is 0. The molecule has 0 amide bonds. The number of hydrogen-bond acceptors (Lipinski definition) is 3. The Morgan fingerprint density at radius 1 is 0.242 bits per heavy atom. The fourth-order valence-electron chi connectivity index (χ4n) is 10.2. The molecule has 62 heavy (non-hydrogen) atoms. The second-order valence-corrected chi connectivity index (χ2v) is 16.4. The standard InChI is InChI=1S/C57H33N5/c1-3-15-35(16-4-1)55-58-56(36-17-5-2-6-18-36)60-57(59-55)41-31-47-45-27-26-34-14-9-10-21-42(34)52(45)62-50-25-13-23-44-43-22-11-12-24-49(43)61(54(44)50)51-33-40-29-38-20-8-7-19-37(38)28-39(40)30-46(51)48(32-41)53(47)62/h1-33H. The molecule has 14 rings (SSSR count). The number of para-hydroxylation sites is 2. The average Bonchev–Trinajstić information content (AvgIpc) is 3.86. The molecule has 4 heterocycles. The summed E-state index contributed by atoms with van der Waals surface area (Å²) in [5.74, 6) is 1.90. The zero-order valence-electron chi connectivity index (χ0n) is 33.3. The molecule has 5 heteroatoms. The molecule has 0 saturated carbocycles. The highest BCUT2D eigenvalue weighted by Gasteiger charge is 2.23. The van der Waals surface area contributed by atoms with E-state index in [4.69, 9.17) is 15.0 Å². The molecule has 0 radical (unpaired) electrons. The molecule has 0 aliphatic carbocycles. The van der Waals surface area contributed by atoms with Crippen LogP contribution in [-0.2, 0) is 0 Å². The van der Waals surface area contributed by atoms with Crippen LogP contribution in [0.15, 0.2) is 200 Å². The molecule has 0 aliphatic rings. The third-order valence-electron chi connectivity index (χ3n) is 13.0. The van der Waals surface area contributed by atoms with Crippen molar-refractivity contribution in [2.24, 2.45) is 0 Å². The molecule has 0 spiro atoms. The number of hydrogen-bond donors (Lipinski definition) is 0. The number of nitrogens with zero attached hydrogens (tertiary/aromatic N) is 5. The zero-order valence-corrected chi connectivity index (χ0v) is 33.3. The Kier molecular flexibility index (Phi) is 6.77. The Hall–Kier alpha value is -8.41. The highest BCUT2D eigenvalue weighted by molar-refractivity contribution is 6.28. The first kappa shape index (κ1) is 33.4. The van der Waals surface area contributed by atoms with Crippen molar-refractivity contribution in [1.29, 1.82) is 0 Å². The highest BCUT2D eigenvalue weighted by Crippen LogP contribution is 2.44. The van der Waals surface area contributed by atoms with Crippen LogP contribution >= 0.6 is 0 Å². The molecule has 0 N–H and O–H groups in total. The number of benzene rings is 10. The van der Waals surface area contributed by atoms with Gasteiger partial charge in [0.1, 0.15) is 0 Å². The van der Waals surface area contributed by atoms with E-state index in [9.17, 15) is 0 Å². The van der Waals surface area contributed by atoms with E-state index in [-0.39, 0.29) is 0 Å². The predicted octanol–water partition coefficient (Wildman–Crippen LogP) is 14.6. The molecular weight excluding hydrogens is 755 g/mol. The van der Waals surface area contributed by atoms with E-state index in [0.29, 0.717) is 17.5 Å². The minimum absolute atomic E-state index is 0.627. The molecule has 0 atom stereocenters. The van der Waals surface area contributed by atoms with Gasteiger partial charge in [0.25, 0.3) is 0 Å². The molecule has 0 fully saturated rings. The third kappa shape index (κ3) is 4.70. The largest absolute Gasteiger partial charge is 0.307 e. The summed E-state index contributed by atoms with van der Waals surface area (Å²) in [4.78, 5) is 15.6. The van der Waals surface area contributed by atoms with Gasteiger partial charge >= 0.3 is 0 Å². The monoisotopic (exact) mass is 787 g/mol. The van der Waals surface area contributed by atoms with Crippen LogP contribution in [0, 0.1) is 0 Å². The SMILES string of the molecule is c1ccc(-c2nc(-c3ccccc3)nc(-c3cc4c5cc6cc7ccccc7cc6cc5n5c6ccccc6c6cccc(c65)n5c6c7ccccc7ccc6c(c3)c45)n2)cc1. The first-order chi connectivity index (χ1) is 30.7. The lowest BCUT2D eigenvalue weighted by Gasteiger charge is -2.14. The van der Waals surface area contributed by atoms with E-state index < -0.39 is 0 Å². The molecule has 14 aromatic rings. The number of rotatable bonds is 3. The van der Waals surface area contributed by atoms with Gasteiger partial charge < -0.3 is 8.80 Å². The van der Waals surface area contributed by atoms with Gasteiger partial charge in [-0.25, -0.2) is 15.0 Å². The molecule has 0 unspecified atom stereocenters. The molecule has 0 aliphatic heterocycles. The summed E-state index contributed by atoms with van der Waals surface area (Å²) >= 11 is 0. The van der Waals surface area contributed by atoms with E-state index in [2.05, 4.69) is 173 Å². The van der Waals surface area contributed by atoms with Gasteiger partial charge in [0.15, 0.2) is 17.5 Å². The molecular formula is C57H33N5. The minimum Gasteiger partial charge on any atom is -0.307 e. The molecule has 0 bridgehead atoms. The second kappa shape index (κ2) is 12.6. The third-order valence-corrected chi connectivity index (χ3v) is 13.0. The van der Waals surface area contributed by atoms with E-state index >= 15 is 0 Å². The van der Waals surface area contributed by atoms with Gasteiger partial charge in [-0.15, -0.1) is 0 Å². The maximum atomic E-state index is 5.28. The Balaban J connectivity index is 1.26. The maximum Gasteiger partial charge on any atom is 0.164 e. The Morgan fingerprint density at radius 3 is 1.47 bits per heavy atom. The number of aromatic nitrogens is 5. The van der Waals surface area contributed by atoms with Gasteiger partial charge in [-0.05, 0) is 75.5 Å². The Morgan fingerprint density at radius 2 is 0.758 bits per heavy atom. The summed E-state index contributed by atoms with van der Waals surface area (Å²) in [6, 6.07) is 72.3. The van der Waals surface area contributed by atoms with Crippen molar-refractivity contribution in [1.82, 2.24) is 23.8 Å². The highest BCUT2D eigenvalue weighted by atomic mass is 15.0. The van der Waals surface area contributed by atoms with Gasteiger partial charge in [-0.3, -0.25) is 0 Å². The Labute approximate surface area is 354 Å². The first-order valence-corrected chi connectivity index (χ1v) is 21.1. The quantitative estimate of drug-likeness (QED) is 0.168. The summed E-state index contributed by atoms with van der Waals surface area (Å²) in [7, 11) is 0. The molecule has 286 valence electrons. The van der Waals surface area contributed by atoms with Crippen LogP contribution in [0.3, 0.4) is 0 Å². The lowest BCUT2D eigenvalue weighted by atomic mass is 9.98. The minimum atomic E-state index is 0.627. The summed E-state index contributed by atoms with van der Waals surface area (Å²) in [6.45, 7) is 0. The molecule has 4 aromatic heterocycles. The van der Waals surface area contributed by atoms with Crippen molar-refractivity contribution in [2.45, 2.75) is 0 Å². The molecule has 0 saturated heterocycles. The van der Waals surface area contributed by atoms with Gasteiger partial charge in [0.05, 0.1) is 33.1 Å². The van der Waals surface area contributed by atoms with Crippen LogP contribution in [0.5, 0.6) is 0 Å². The molecule has 5 nitrogen and oxygen atoms in total. The predicted molar refractivity (Wildman–Crippen MR) is 258 cm³/mol. The van der Waals surface area contributed by atoms with E-state index in [1.807, 2.05) is 36.4 Å². The summed E-state index contributed by atoms with van der Waals surface area (Å²) < 4.78 is 5.07. The molecule has 10 aromatic carbocycles. The zero-order chi connectivity index (χ0) is 40.5. The lowest BCUT2D eigenvalue weighted by molar-refractivity contribution is 1.07. The lowest BCUT2D eigenvalue weighted by Crippen LogP contribution is -2.00. The van der Waals surface area contributed by atoms with E-state index in [0.717, 1.165) is 49.4 Å². The summed E-state index contributed by atoms with van der Waals surface area (Å²) in [6.07, 6.45) is 0. The van der Waals surface area contributed by atoms with E-state index in [1.165, 1.54) is 65.0 Å². The van der Waals surface area contributed by atoms with Crippen LogP contribution < -0.4 is 0 Å². The smallest absolute Gasteiger partial charge is 0.164 e. The van der Waals surface area contributed by atoms with E-state index in [1.54, 1.807) is 0 Å². The second-order valence-electron chi connectivity index (χ2n) is 16.4. The van der Waals surface area contributed by atoms with Crippen LogP contribution in [-0.4, -0.2) is 23.8 Å². The average molecular weight is 788 g/mol. The van der Waals surface area contributed by atoms with Crippen molar-refractivity contribution in [2.75, 3.05) is 0 Å². The van der Waals surface area contributed by atoms with Crippen molar-refractivity contribution in [3.8, 4) is 34.2 Å². The summed E-state index contributed by atoms with van der Waals surface area (Å²) in [5.41, 5.74) is 9.79. The van der Waals surface area contributed by atoms with Crippen molar-refractivity contribution in [3.05, 3.63) is 200 Å². The van der Waals surface area contributed by atoms with Crippen molar-refractivity contribution < 1.29 is 0 Å². The first-order valence-electron chi connectivity index (χ1n) is 21.1. The topological polar surface area (TPSA) is 47.5 Å². The van der Waals surface area contributed by atoms with Crippen LogP contribution in [0.1, 0.15) is 0 Å². The van der Waals surface area contributed by atoms with Crippen LogP contribution in [0.4, 0.5) is 0 Å². The van der Waals surface area contributed by atoms with Gasteiger partial charge in [-0.1, -0.05) is 152 Å². The van der Waals surface area contributed by atoms with Crippen LogP contribution in [0.2, 0.25) is 0 Å². The number of fused-ring (bicyclic) bond motifs is 14. The van der Waals surface area contributed by atoms with Crippen molar-refractivity contribution in [3.63, 3.8) is 0 Å². The normalized spacial score (nSPS) is 12.2. The van der Waals surface area contributed by atoms with Crippen LogP contribution in [0.25, 0.3) is 132 Å². The van der Waals surface area contributed by atoms with Gasteiger partial charge in [-0.2, -0.15) is 0 Å². The maximum absolute atomic E-state index is 5.28. The van der Waals surface area contributed by atoms with Crippen molar-refractivity contribution >= 4 is 97.7 Å². The van der Waals surface area contributed by atoms with Gasteiger partial charge in [0, 0.05) is 54.4 Å². The fourth-order valence-corrected chi connectivity index (χ4v) is 10.2. The van der Waals surface area contributed by atoms with Gasteiger partial charge in [0.2, 0.25) is 0 Å². The Bertz CT molecular complexity index is 4150. The summed E-state index contributed by atoms with van der Waals surface area (Å²) in [5, 5.41) is 14.3.